The van der Waals surface area contributed by atoms with Crippen LogP contribution in [0.2, 0.25) is 0 Å². The molecule has 0 fully saturated rings. The highest BCUT2D eigenvalue weighted by Gasteiger charge is 2.22. The first-order chi connectivity index (χ1) is 17.0. The highest BCUT2D eigenvalue weighted by Crippen LogP contribution is 2.41. The van der Waals surface area contributed by atoms with Crippen LogP contribution in [-0.4, -0.2) is 9.13 Å². The highest BCUT2D eigenvalue weighted by atomic mass is 15.1. The number of para-hydroxylation sites is 1. The van der Waals surface area contributed by atoms with Gasteiger partial charge in [-0.1, -0.05) is 73.2 Å². The van der Waals surface area contributed by atoms with Crippen molar-refractivity contribution < 1.29 is 0 Å². The number of aryl methyl sites for hydroxylation is 1. The van der Waals surface area contributed by atoms with E-state index in [0.29, 0.717) is 0 Å². The van der Waals surface area contributed by atoms with E-state index in [1.165, 1.54) is 55.2 Å². The largest absolute Gasteiger partial charge is 0.332 e. The van der Waals surface area contributed by atoms with Crippen LogP contribution in [0, 0.1) is 6.92 Å². The van der Waals surface area contributed by atoms with Gasteiger partial charge >= 0.3 is 0 Å². The highest BCUT2D eigenvalue weighted by molar-refractivity contribution is 6.18. The molecule has 2 heteroatoms. The van der Waals surface area contributed by atoms with Gasteiger partial charge in [0.2, 0.25) is 0 Å². The molecular formula is C33H38N2. The predicted octanol–water partition coefficient (Wildman–Crippen LogP) is 10.0. The summed E-state index contributed by atoms with van der Waals surface area (Å²) >= 11 is 0. The Morgan fingerprint density at radius 3 is 2.46 bits per heavy atom. The first-order valence-electron chi connectivity index (χ1n) is 12.8. The molecule has 0 amide bonds. The summed E-state index contributed by atoms with van der Waals surface area (Å²) < 4.78 is 4.99. The van der Waals surface area contributed by atoms with Crippen molar-refractivity contribution in [3.8, 4) is 0 Å². The zero-order valence-electron chi connectivity index (χ0n) is 22.1. The fourth-order valence-corrected chi connectivity index (χ4v) is 5.40. The summed E-state index contributed by atoms with van der Waals surface area (Å²) in [6.45, 7) is 17.1. The zero-order valence-corrected chi connectivity index (χ0v) is 22.1. The summed E-state index contributed by atoms with van der Waals surface area (Å²) in [7, 11) is 0. The summed E-state index contributed by atoms with van der Waals surface area (Å²) in [6.07, 6.45) is 17.4. The summed E-state index contributed by atoms with van der Waals surface area (Å²) in [5.41, 5.74) is 8.95. The molecule has 2 aromatic heterocycles. The minimum Gasteiger partial charge on any atom is -0.332 e. The van der Waals surface area contributed by atoms with Crippen LogP contribution < -0.4 is 0 Å². The van der Waals surface area contributed by atoms with Gasteiger partial charge in [-0.2, -0.15) is 0 Å². The summed E-state index contributed by atoms with van der Waals surface area (Å²) in [5, 5.41) is 3.91. The van der Waals surface area contributed by atoms with Crippen LogP contribution in [0.3, 0.4) is 0 Å². The van der Waals surface area contributed by atoms with Crippen molar-refractivity contribution >= 4 is 44.5 Å². The van der Waals surface area contributed by atoms with Crippen molar-refractivity contribution in [2.24, 2.45) is 0 Å². The van der Waals surface area contributed by atoms with Gasteiger partial charge in [0.25, 0.3) is 0 Å². The molecule has 0 bridgehead atoms. The molecule has 4 aromatic rings. The van der Waals surface area contributed by atoms with E-state index in [0.717, 1.165) is 12.8 Å². The van der Waals surface area contributed by atoms with Crippen molar-refractivity contribution in [1.82, 2.24) is 9.13 Å². The van der Waals surface area contributed by atoms with Crippen molar-refractivity contribution in [3.05, 3.63) is 96.3 Å². The van der Waals surface area contributed by atoms with Crippen LogP contribution in [0.1, 0.15) is 64.8 Å². The van der Waals surface area contributed by atoms with E-state index in [2.05, 4.69) is 130 Å². The van der Waals surface area contributed by atoms with Crippen LogP contribution in [0.25, 0.3) is 44.5 Å². The van der Waals surface area contributed by atoms with E-state index >= 15 is 0 Å². The third kappa shape index (κ3) is 4.23. The molecule has 2 aromatic carbocycles. The topological polar surface area (TPSA) is 9.86 Å². The normalized spacial score (nSPS) is 14.3. The third-order valence-corrected chi connectivity index (χ3v) is 6.90. The van der Waals surface area contributed by atoms with E-state index < -0.39 is 0 Å². The molecule has 2 heterocycles. The maximum atomic E-state index is 3.94. The van der Waals surface area contributed by atoms with Gasteiger partial charge in [0.15, 0.2) is 0 Å². The van der Waals surface area contributed by atoms with Crippen molar-refractivity contribution in [2.75, 3.05) is 0 Å². The van der Waals surface area contributed by atoms with E-state index in [1.54, 1.807) is 0 Å². The van der Waals surface area contributed by atoms with Gasteiger partial charge in [-0.3, -0.25) is 0 Å². The fourth-order valence-electron chi connectivity index (χ4n) is 5.40. The number of allylic oxidation sites excluding steroid dienone is 8. The van der Waals surface area contributed by atoms with Gasteiger partial charge < -0.3 is 9.13 Å². The third-order valence-electron chi connectivity index (χ3n) is 6.90. The first-order valence-corrected chi connectivity index (χ1v) is 12.8. The molecule has 35 heavy (non-hydrogen) atoms. The average molecular weight is 463 g/mol. The average Bonchev–Trinajstić information content (AvgIpc) is 3.33. The second-order valence-corrected chi connectivity index (χ2v) is 9.36. The molecule has 180 valence electrons. The SMILES string of the molecule is C=CC/C(C)=C\[C@@H](C)n1c2ccccc2c2ccc3c(C)c(/C=C\CC)n(C(/C=C\C)=C/C)c3c21. The van der Waals surface area contributed by atoms with E-state index in [-0.39, 0.29) is 6.04 Å². The monoisotopic (exact) mass is 462 g/mol. The Hall–Kier alpha value is -3.52. The first kappa shape index (κ1) is 24.6. The Balaban J connectivity index is 2.25. The van der Waals surface area contributed by atoms with Gasteiger partial charge in [-0.05, 0) is 71.2 Å². The Labute approximate surface area is 210 Å². The number of nitrogens with zero attached hydrogens (tertiary/aromatic N) is 2. The molecule has 0 aliphatic carbocycles. The molecule has 2 nitrogen and oxygen atoms in total. The summed E-state index contributed by atoms with van der Waals surface area (Å²) in [6, 6.07) is 13.7. The predicted molar refractivity (Wildman–Crippen MR) is 157 cm³/mol. The molecule has 0 saturated carbocycles. The van der Waals surface area contributed by atoms with E-state index in [1.807, 2.05) is 6.08 Å². The van der Waals surface area contributed by atoms with Crippen LogP contribution in [-0.2, 0) is 0 Å². The number of aromatic nitrogens is 2. The van der Waals surface area contributed by atoms with Gasteiger partial charge in [0, 0.05) is 39.1 Å². The van der Waals surface area contributed by atoms with Crippen LogP contribution in [0.4, 0.5) is 0 Å². The van der Waals surface area contributed by atoms with Crippen molar-refractivity contribution in [1.29, 1.82) is 0 Å². The summed E-state index contributed by atoms with van der Waals surface area (Å²) in [5.74, 6) is 0. The van der Waals surface area contributed by atoms with Gasteiger partial charge in [0.1, 0.15) is 0 Å². The molecule has 0 radical (unpaired) electrons. The standard InChI is InChI=1S/C33H38N2/c1-8-12-18-30-25(7)27-20-21-29-28-17-13-14-19-31(28)34(24(6)22-23(5)15-9-2)33(29)32(27)35(30)26(11-4)16-10-3/h9-14,16-22,24H,2,8,15H2,1,3-7H3/b16-10-,18-12-,23-22-,26-11+/t24-/m1/s1. The van der Waals surface area contributed by atoms with Crippen LogP contribution in [0.5, 0.6) is 0 Å². The van der Waals surface area contributed by atoms with E-state index in [9.17, 15) is 0 Å². The van der Waals surface area contributed by atoms with Gasteiger partial charge in [0.05, 0.1) is 11.0 Å². The Morgan fingerprint density at radius 2 is 1.77 bits per heavy atom. The molecule has 0 spiro atoms. The molecule has 0 saturated heterocycles. The zero-order chi connectivity index (χ0) is 25.1. The Bertz CT molecular complexity index is 1510. The maximum absolute atomic E-state index is 3.94. The quantitative estimate of drug-likeness (QED) is 0.182. The Kier molecular flexibility index (Phi) is 7.31. The second-order valence-electron chi connectivity index (χ2n) is 9.36. The van der Waals surface area contributed by atoms with Crippen LogP contribution >= 0.6 is 0 Å². The second kappa shape index (κ2) is 10.4. The molecule has 1 atom stereocenters. The minimum atomic E-state index is 0.206. The molecule has 4 rings (SSSR count). The number of rotatable bonds is 8. The molecule has 0 unspecified atom stereocenters. The lowest BCUT2D eigenvalue weighted by molar-refractivity contribution is 0.704. The van der Waals surface area contributed by atoms with Gasteiger partial charge in [-0.25, -0.2) is 0 Å². The lowest BCUT2D eigenvalue weighted by Crippen LogP contribution is -2.05. The van der Waals surface area contributed by atoms with Crippen LogP contribution in [0.15, 0.2) is 85.0 Å². The Morgan fingerprint density at radius 1 is 1.03 bits per heavy atom. The minimum absolute atomic E-state index is 0.206. The molecular weight excluding hydrogens is 424 g/mol. The van der Waals surface area contributed by atoms with Gasteiger partial charge in [-0.15, -0.1) is 6.58 Å². The fraction of sp³-hybridized carbons (Fsp3) is 0.273. The maximum Gasteiger partial charge on any atom is 0.0781 e. The lowest BCUT2D eigenvalue weighted by atomic mass is 10.1. The summed E-state index contributed by atoms with van der Waals surface area (Å²) in [4.78, 5) is 0. The van der Waals surface area contributed by atoms with Crippen molar-refractivity contribution in [3.63, 3.8) is 0 Å². The smallest absolute Gasteiger partial charge is 0.0781 e. The number of fused-ring (bicyclic) bond motifs is 5. The molecule has 0 aliphatic heterocycles. The molecule has 0 N–H and O–H groups in total. The number of hydrogen-bond acceptors (Lipinski definition) is 0. The lowest BCUT2D eigenvalue weighted by Gasteiger charge is -2.17. The number of hydrogen-bond donors (Lipinski definition) is 0. The van der Waals surface area contributed by atoms with E-state index in [4.69, 9.17) is 0 Å². The molecule has 0 aliphatic rings. The van der Waals surface area contributed by atoms with Crippen molar-refractivity contribution in [2.45, 2.75) is 60.4 Å². The number of benzene rings is 2.